The van der Waals surface area contributed by atoms with E-state index in [0.29, 0.717) is 18.0 Å². The number of nitrogens with one attached hydrogen (secondary N) is 3. The molecule has 1 saturated carbocycles. The quantitative estimate of drug-likeness (QED) is 0.626. The standard InChI is InChI=1S/C17H15N7/c18-6-10-1-4-13-12(5-10)17-15(8-21-13)22-16(23-17)9-20-7-14(24-19)11-2-3-11/h1,4-5,7-8,11,19-20H,2-3,9H2,(H,22,23)/b14-7-,24-19?. The molecule has 7 heteroatoms. The molecule has 1 aliphatic carbocycles. The van der Waals surface area contributed by atoms with Gasteiger partial charge in [0.2, 0.25) is 0 Å². The summed E-state index contributed by atoms with van der Waals surface area (Å²) >= 11 is 0. The van der Waals surface area contributed by atoms with Crippen molar-refractivity contribution in [3.63, 3.8) is 0 Å². The molecule has 7 nitrogen and oxygen atoms in total. The molecule has 0 atom stereocenters. The maximum Gasteiger partial charge on any atom is 0.126 e. The van der Waals surface area contributed by atoms with Crippen molar-refractivity contribution in [3.05, 3.63) is 47.7 Å². The van der Waals surface area contributed by atoms with Gasteiger partial charge in [-0.2, -0.15) is 10.4 Å². The lowest BCUT2D eigenvalue weighted by Gasteiger charge is -2.00. The van der Waals surface area contributed by atoms with Crippen LogP contribution in [0.1, 0.15) is 24.2 Å². The van der Waals surface area contributed by atoms with Crippen LogP contribution in [-0.4, -0.2) is 15.0 Å². The number of aromatic nitrogens is 3. The van der Waals surface area contributed by atoms with E-state index in [-0.39, 0.29) is 0 Å². The molecule has 1 aromatic carbocycles. The van der Waals surface area contributed by atoms with Crippen LogP contribution in [0.2, 0.25) is 0 Å². The fraction of sp³-hybridized carbons (Fsp3) is 0.235. The summed E-state index contributed by atoms with van der Waals surface area (Å²) in [6, 6.07) is 7.57. The number of pyridine rings is 1. The van der Waals surface area contributed by atoms with Gasteiger partial charge < -0.3 is 10.3 Å². The fourth-order valence-corrected chi connectivity index (χ4v) is 2.74. The Hall–Kier alpha value is -3.27. The lowest BCUT2D eigenvalue weighted by atomic mass is 10.1. The summed E-state index contributed by atoms with van der Waals surface area (Å²) in [5.74, 6) is 1.21. The van der Waals surface area contributed by atoms with E-state index < -0.39 is 0 Å². The van der Waals surface area contributed by atoms with Crippen LogP contribution in [0.25, 0.3) is 21.9 Å². The normalized spacial score (nSPS) is 14.7. The van der Waals surface area contributed by atoms with Crippen LogP contribution in [0.4, 0.5) is 0 Å². The van der Waals surface area contributed by atoms with Crippen LogP contribution in [0, 0.1) is 22.8 Å². The molecule has 0 aliphatic heterocycles. The Kier molecular flexibility index (Phi) is 3.43. The zero-order chi connectivity index (χ0) is 16.5. The molecule has 4 rings (SSSR count). The number of allylic oxidation sites excluding steroid dienone is 1. The first-order valence-corrected chi connectivity index (χ1v) is 7.77. The molecular weight excluding hydrogens is 302 g/mol. The molecule has 0 radical (unpaired) electrons. The summed E-state index contributed by atoms with van der Waals surface area (Å²) in [5.41, 5.74) is 11.1. The van der Waals surface area contributed by atoms with Crippen LogP contribution in [-0.2, 0) is 6.54 Å². The number of rotatable bonds is 5. The van der Waals surface area contributed by atoms with Gasteiger partial charge in [-0.05, 0) is 31.0 Å². The second-order valence-corrected chi connectivity index (χ2v) is 5.88. The van der Waals surface area contributed by atoms with Crippen molar-refractivity contribution in [1.82, 2.24) is 20.3 Å². The lowest BCUT2D eigenvalue weighted by Crippen LogP contribution is -2.07. The van der Waals surface area contributed by atoms with Gasteiger partial charge in [0, 0.05) is 17.5 Å². The summed E-state index contributed by atoms with van der Waals surface area (Å²) in [7, 11) is 0. The predicted molar refractivity (Wildman–Crippen MR) is 88.9 cm³/mol. The van der Waals surface area contributed by atoms with Crippen molar-refractivity contribution in [3.8, 4) is 6.07 Å². The van der Waals surface area contributed by atoms with Gasteiger partial charge in [0.05, 0.1) is 41.1 Å². The molecule has 1 fully saturated rings. The van der Waals surface area contributed by atoms with E-state index >= 15 is 0 Å². The summed E-state index contributed by atoms with van der Waals surface area (Å²) in [5, 5.41) is 16.7. The van der Waals surface area contributed by atoms with Crippen LogP contribution in [0.5, 0.6) is 0 Å². The van der Waals surface area contributed by atoms with Gasteiger partial charge in [-0.15, -0.1) is 0 Å². The number of hydrogen-bond donors (Lipinski definition) is 3. The smallest absolute Gasteiger partial charge is 0.126 e. The molecule has 2 aromatic heterocycles. The summed E-state index contributed by atoms with van der Waals surface area (Å²) in [6.45, 7) is 0.514. The highest BCUT2D eigenvalue weighted by molar-refractivity contribution is 6.02. The number of benzene rings is 1. The van der Waals surface area contributed by atoms with Crippen LogP contribution >= 0.6 is 0 Å². The Labute approximate surface area is 137 Å². The monoisotopic (exact) mass is 317 g/mol. The van der Waals surface area contributed by atoms with Crippen LogP contribution in [0.15, 0.2) is 41.4 Å². The average Bonchev–Trinajstić information content (AvgIpc) is 3.37. The van der Waals surface area contributed by atoms with Crippen molar-refractivity contribution < 1.29 is 0 Å². The molecule has 0 saturated heterocycles. The second-order valence-electron chi connectivity index (χ2n) is 5.88. The molecule has 3 N–H and O–H groups in total. The number of fused-ring (bicyclic) bond motifs is 3. The Balaban J connectivity index is 1.64. The molecule has 0 spiro atoms. The summed E-state index contributed by atoms with van der Waals surface area (Å²) in [4.78, 5) is 12.2. The van der Waals surface area contributed by atoms with Gasteiger partial charge in [0.15, 0.2) is 0 Å². The number of aromatic amines is 1. The lowest BCUT2D eigenvalue weighted by molar-refractivity contribution is 0.784. The SMILES string of the molecule is N#Cc1ccc2ncc3nc(CN/C=C(\N=N)C4CC4)[nH]c3c2c1. The first kappa shape index (κ1) is 14.3. The van der Waals surface area contributed by atoms with Gasteiger partial charge in [-0.3, -0.25) is 4.98 Å². The van der Waals surface area contributed by atoms with Gasteiger partial charge in [-0.25, -0.2) is 10.5 Å². The number of H-pyrrole nitrogens is 1. The first-order chi connectivity index (χ1) is 11.8. The molecule has 2 heterocycles. The van der Waals surface area contributed by atoms with Gasteiger partial charge in [-0.1, -0.05) is 0 Å². The summed E-state index contributed by atoms with van der Waals surface area (Å²) in [6.07, 6.45) is 5.75. The van der Waals surface area contributed by atoms with Crippen LogP contribution < -0.4 is 5.32 Å². The van der Waals surface area contributed by atoms with E-state index in [4.69, 9.17) is 10.8 Å². The van der Waals surface area contributed by atoms with Gasteiger partial charge >= 0.3 is 0 Å². The number of hydrogen-bond acceptors (Lipinski definition) is 6. The third kappa shape index (κ3) is 2.58. The van der Waals surface area contributed by atoms with E-state index in [1.807, 2.05) is 12.1 Å². The molecule has 3 aromatic rings. The molecule has 0 bridgehead atoms. The Morgan fingerprint density at radius 1 is 1.46 bits per heavy atom. The maximum atomic E-state index is 9.08. The van der Waals surface area contributed by atoms with Gasteiger partial charge in [0.25, 0.3) is 0 Å². The van der Waals surface area contributed by atoms with E-state index in [9.17, 15) is 0 Å². The molecule has 118 valence electrons. The molecular formula is C17H15N7. The van der Waals surface area contributed by atoms with E-state index in [2.05, 4.69) is 31.5 Å². The number of nitriles is 1. The Bertz CT molecular complexity index is 1000. The molecule has 24 heavy (non-hydrogen) atoms. The Morgan fingerprint density at radius 2 is 2.33 bits per heavy atom. The fourth-order valence-electron chi connectivity index (χ4n) is 2.74. The topological polar surface area (TPSA) is 114 Å². The van der Waals surface area contributed by atoms with E-state index in [1.54, 1.807) is 18.5 Å². The largest absolute Gasteiger partial charge is 0.382 e. The van der Waals surface area contributed by atoms with Crippen molar-refractivity contribution in [1.29, 1.82) is 10.8 Å². The third-order valence-corrected chi connectivity index (χ3v) is 4.15. The third-order valence-electron chi connectivity index (χ3n) is 4.15. The van der Waals surface area contributed by atoms with Crippen molar-refractivity contribution in [2.24, 2.45) is 11.0 Å². The zero-order valence-corrected chi connectivity index (χ0v) is 12.9. The minimum atomic E-state index is 0.434. The summed E-state index contributed by atoms with van der Waals surface area (Å²) < 4.78 is 0. The number of imidazole rings is 1. The highest BCUT2D eigenvalue weighted by atomic mass is 15.0. The van der Waals surface area contributed by atoms with Crippen molar-refractivity contribution >= 4 is 21.9 Å². The highest BCUT2D eigenvalue weighted by Crippen LogP contribution is 2.36. The minimum Gasteiger partial charge on any atom is -0.382 e. The first-order valence-electron chi connectivity index (χ1n) is 7.77. The van der Waals surface area contributed by atoms with Crippen LogP contribution in [0.3, 0.4) is 0 Å². The number of nitrogens with zero attached hydrogens (tertiary/aromatic N) is 4. The highest BCUT2D eigenvalue weighted by Gasteiger charge is 2.25. The van der Waals surface area contributed by atoms with Gasteiger partial charge in [0.1, 0.15) is 11.3 Å². The Morgan fingerprint density at radius 3 is 3.08 bits per heavy atom. The second kappa shape index (κ2) is 5.74. The molecule has 0 amide bonds. The molecule has 1 aliphatic rings. The van der Waals surface area contributed by atoms with Crippen molar-refractivity contribution in [2.75, 3.05) is 0 Å². The maximum absolute atomic E-state index is 9.08. The average molecular weight is 317 g/mol. The van der Waals surface area contributed by atoms with Crippen molar-refractivity contribution in [2.45, 2.75) is 19.4 Å². The predicted octanol–water partition coefficient (Wildman–Crippen LogP) is 3.35. The minimum absolute atomic E-state index is 0.434. The van der Waals surface area contributed by atoms with E-state index in [0.717, 1.165) is 46.3 Å². The zero-order valence-electron chi connectivity index (χ0n) is 12.9. The van der Waals surface area contributed by atoms with E-state index in [1.165, 1.54) is 0 Å². The molecule has 0 unspecified atom stereocenters.